The molecule has 6 aliphatic rings. The molecule has 0 saturated carbocycles. The summed E-state index contributed by atoms with van der Waals surface area (Å²) in [5, 5.41) is 77.8. The van der Waals surface area contributed by atoms with Gasteiger partial charge >= 0.3 is 0 Å². The van der Waals surface area contributed by atoms with Gasteiger partial charge in [-0.05, 0) is 96.3 Å². The Bertz CT molecular complexity index is 922. The molecule has 0 bridgehead atoms. The number of ether oxygens (including phenoxy) is 9. The number of unbranched alkanes of at least 4 members (excludes halogenated alkanes) is 3. The summed E-state index contributed by atoms with van der Waals surface area (Å²) in [7, 11) is 0. The normalized spacial score (nSPS) is 28.1. The van der Waals surface area contributed by atoms with E-state index in [2.05, 4.69) is 62.3 Å². The average Bonchev–Trinajstić information content (AvgIpc) is 4.34. The molecule has 6 fully saturated rings. The highest BCUT2D eigenvalue weighted by molar-refractivity contribution is 4.75. The summed E-state index contributed by atoms with van der Waals surface area (Å²) in [5.41, 5.74) is 0. The zero-order chi connectivity index (χ0) is 56.7. The molecule has 456 valence electrons. The van der Waals surface area contributed by atoms with Crippen LogP contribution in [0.15, 0.2) is 0 Å². The van der Waals surface area contributed by atoms with Gasteiger partial charge in [-0.3, -0.25) is 0 Å². The first-order valence-corrected chi connectivity index (χ1v) is 29.6. The molecule has 6 rings (SSSR count). The van der Waals surface area contributed by atoms with Crippen molar-refractivity contribution in [3.05, 3.63) is 0 Å². The van der Waals surface area contributed by atoms with Crippen LogP contribution < -0.4 is 0 Å². The zero-order valence-corrected chi connectivity index (χ0v) is 49.1. The van der Waals surface area contributed by atoms with Crippen LogP contribution in [0.3, 0.4) is 0 Å². The highest BCUT2D eigenvalue weighted by atomic mass is 16.6. The minimum absolute atomic E-state index is 0.0258. The largest absolute Gasteiger partial charge is 0.394 e. The molecule has 0 radical (unpaired) electrons. The topological polar surface area (TPSA) is 265 Å². The van der Waals surface area contributed by atoms with Crippen LogP contribution in [-0.4, -0.2) is 218 Å². The summed E-state index contributed by atoms with van der Waals surface area (Å²) < 4.78 is 48.0. The molecule has 75 heavy (non-hydrogen) atoms. The van der Waals surface area contributed by atoms with Crippen molar-refractivity contribution in [2.75, 3.05) is 99.1 Å². The molecule has 0 aromatic carbocycles. The molecule has 0 amide bonds. The fourth-order valence-electron chi connectivity index (χ4n) is 7.33. The van der Waals surface area contributed by atoms with E-state index in [-0.39, 0.29) is 133 Å². The maximum atomic E-state index is 8.79. The third-order valence-corrected chi connectivity index (χ3v) is 12.5. The van der Waals surface area contributed by atoms with Crippen LogP contribution in [0.4, 0.5) is 0 Å². The van der Waals surface area contributed by atoms with Gasteiger partial charge in [0, 0.05) is 19.8 Å². The Morgan fingerprint density at radius 1 is 0.227 bits per heavy atom. The van der Waals surface area contributed by atoms with Crippen LogP contribution in [0.2, 0.25) is 0 Å². The number of aliphatic hydroxyl groups is 9. The van der Waals surface area contributed by atoms with Crippen molar-refractivity contribution in [3.8, 4) is 0 Å². The fourth-order valence-corrected chi connectivity index (χ4v) is 7.33. The molecule has 6 saturated heterocycles. The molecule has 18 nitrogen and oxygen atoms in total. The lowest BCUT2D eigenvalue weighted by molar-refractivity contribution is -0.0312. The average molecular weight is 1090 g/mol. The lowest BCUT2D eigenvalue weighted by Gasteiger charge is -2.11. The predicted octanol–water partition coefficient (Wildman–Crippen LogP) is 6.83. The lowest BCUT2D eigenvalue weighted by atomic mass is 10.2. The molecule has 0 spiro atoms. The van der Waals surface area contributed by atoms with Crippen molar-refractivity contribution >= 4 is 0 Å². The fraction of sp³-hybridized carbons (Fsp3) is 1.00. The molecule has 0 aliphatic carbocycles. The maximum Gasteiger partial charge on any atom is 0.0814 e. The Morgan fingerprint density at radius 2 is 0.360 bits per heavy atom. The van der Waals surface area contributed by atoms with Crippen LogP contribution in [0.1, 0.15) is 197 Å². The summed E-state index contributed by atoms with van der Waals surface area (Å²) in [6, 6.07) is 0. The predicted molar refractivity (Wildman–Crippen MR) is 296 cm³/mol. The standard InChI is InChI=1S/3C9H18O3.3C6H12O3.3C4H10/c3*1-2-5-11-7-9-4-3-8(6-10)12-9;3*7-3-5-1-2-6(4-8)9-5;3*1-3-4-2/h3*8-10H,2-7H2,1H3;3*5-8H,1-4H2;3*3-4H2,1-2H3/t8-,9+;2*8-,9-;5-,6+;2*5-,6-;;;/m010.00.../s1. The van der Waals surface area contributed by atoms with Crippen LogP contribution >= 0.6 is 0 Å². The SMILES string of the molecule is CCCC.CCCC.CCCC.CCCOC[C@@H]1CC[C@@H](CO)O1.CCCOC[C@H]1CC[C@@H](CO)O1.CCCOC[C@H]1CC[C@H](CO)O1.OC[C@@H]1CC[C@@H](CO)O1.OC[C@@H]1CC[C@@H](CO)O1.OC[C@@H]1CC[C@H](CO)O1. The first-order valence-electron chi connectivity index (χ1n) is 29.6. The van der Waals surface area contributed by atoms with Gasteiger partial charge in [0.25, 0.3) is 0 Å². The first-order chi connectivity index (χ1) is 36.4. The maximum absolute atomic E-state index is 8.79. The Morgan fingerprint density at radius 3 is 0.467 bits per heavy atom. The van der Waals surface area contributed by atoms with E-state index in [0.29, 0.717) is 19.8 Å². The van der Waals surface area contributed by atoms with Crippen molar-refractivity contribution in [1.82, 2.24) is 0 Å². The van der Waals surface area contributed by atoms with Gasteiger partial charge in [-0.1, -0.05) is 101 Å². The Balaban J connectivity index is -0.000000797. The molecule has 6 heterocycles. The summed E-state index contributed by atoms with van der Waals surface area (Å²) >= 11 is 0. The van der Waals surface area contributed by atoms with Crippen molar-refractivity contribution in [2.24, 2.45) is 0 Å². The Labute approximate surface area is 456 Å². The van der Waals surface area contributed by atoms with Gasteiger partial charge < -0.3 is 88.6 Å². The molecule has 0 aromatic rings. The highest BCUT2D eigenvalue weighted by Crippen LogP contribution is 2.22. The second-order valence-electron chi connectivity index (χ2n) is 19.6. The summed E-state index contributed by atoms with van der Waals surface area (Å²) in [6.07, 6.45) is 23.0. The molecule has 0 aromatic heterocycles. The third kappa shape index (κ3) is 46.7. The van der Waals surface area contributed by atoms with E-state index in [1.54, 1.807) is 0 Å². The molecule has 18 heteroatoms. The lowest BCUT2D eigenvalue weighted by Crippen LogP contribution is -2.19. The van der Waals surface area contributed by atoms with E-state index in [0.717, 1.165) is 116 Å². The number of hydrogen-bond donors (Lipinski definition) is 9. The minimum Gasteiger partial charge on any atom is -0.394 e. The van der Waals surface area contributed by atoms with Gasteiger partial charge in [0.05, 0.1) is 153 Å². The van der Waals surface area contributed by atoms with Gasteiger partial charge in [-0.15, -0.1) is 0 Å². The summed E-state index contributed by atoms with van der Waals surface area (Å²) in [6.45, 7) is 24.7. The van der Waals surface area contributed by atoms with E-state index < -0.39 is 0 Å². The van der Waals surface area contributed by atoms with Crippen molar-refractivity contribution in [1.29, 1.82) is 0 Å². The third-order valence-electron chi connectivity index (χ3n) is 12.5. The van der Waals surface area contributed by atoms with Crippen LogP contribution in [0.5, 0.6) is 0 Å². The van der Waals surface area contributed by atoms with Crippen LogP contribution in [0, 0.1) is 0 Å². The van der Waals surface area contributed by atoms with Crippen molar-refractivity contribution in [2.45, 2.75) is 270 Å². The van der Waals surface area contributed by atoms with E-state index in [1.807, 2.05) is 0 Å². The zero-order valence-electron chi connectivity index (χ0n) is 49.1. The molecule has 12 atom stereocenters. The van der Waals surface area contributed by atoms with Crippen molar-refractivity contribution in [3.63, 3.8) is 0 Å². The summed E-state index contributed by atoms with van der Waals surface area (Å²) in [4.78, 5) is 0. The monoisotopic (exact) mass is 1090 g/mol. The molecular weight excluding hydrogens is 973 g/mol. The molecule has 0 unspecified atom stereocenters. The smallest absolute Gasteiger partial charge is 0.0814 e. The van der Waals surface area contributed by atoms with Crippen LogP contribution in [0.25, 0.3) is 0 Å². The Kier molecular flexibility index (Phi) is 62.2. The van der Waals surface area contributed by atoms with Crippen molar-refractivity contribution < 1.29 is 88.6 Å². The Hall–Kier alpha value is -0.720. The second kappa shape index (κ2) is 59.4. The quantitative estimate of drug-likeness (QED) is 0.0448. The highest BCUT2D eigenvalue weighted by Gasteiger charge is 2.27. The van der Waals surface area contributed by atoms with Gasteiger partial charge in [0.2, 0.25) is 0 Å². The number of aliphatic hydroxyl groups excluding tert-OH is 9. The first kappa shape index (κ1) is 78.5. The van der Waals surface area contributed by atoms with E-state index in [9.17, 15) is 0 Å². The van der Waals surface area contributed by atoms with Gasteiger partial charge in [-0.2, -0.15) is 0 Å². The summed E-state index contributed by atoms with van der Waals surface area (Å²) in [5.74, 6) is 0. The number of rotatable bonds is 24. The van der Waals surface area contributed by atoms with Gasteiger partial charge in [-0.25, -0.2) is 0 Å². The van der Waals surface area contributed by atoms with Gasteiger partial charge in [0.15, 0.2) is 0 Å². The van der Waals surface area contributed by atoms with E-state index in [1.165, 1.54) is 38.5 Å². The van der Waals surface area contributed by atoms with E-state index in [4.69, 9.17) is 88.6 Å². The van der Waals surface area contributed by atoms with E-state index >= 15 is 0 Å². The molecule has 6 aliphatic heterocycles. The second-order valence-corrected chi connectivity index (χ2v) is 19.6. The van der Waals surface area contributed by atoms with Crippen LogP contribution in [-0.2, 0) is 42.6 Å². The molecule has 9 N–H and O–H groups in total. The van der Waals surface area contributed by atoms with Gasteiger partial charge in [0.1, 0.15) is 0 Å². The number of hydrogen-bond acceptors (Lipinski definition) is 18. The minimum atomic E-state index is -0.0258. The molecular formula is C57H120O18.